The summed E-state index contributed by atoms with van der Waals surface area (Å²) < 4.78 is 5.20. The fourth-order valence-corrected chi connectivity index (χ4v) is 3.12. The molecule has 0 aliphatic carbocycles. The van der Waals surface area contributed by atoms with Gasteiger partial charge in [-0.3, -0.25) is 0 Å². The fourth-order valence-electron chi connectivity index (χ4n) is 3.12. The summed E-state index contributed by atoms with van der Waals surface area (Å²) in [5, 5.41) is 0. The molecule has 0 aromatic heterocycles. The largest absolute Gasteiger partial charge is 0.497 e. The van der Waals surface area contributed by atoms with E-state index in [9.17, 15) is 0 Å². The molecule has 20 heavy (non-hydrogen) atoms. The first kappa shape index (κ1) is 15.3. The third-order valence-corrected chi connectivity index (χ3v) is 4.63. The Morgan fingerprint density at radius 1 is 1.20 bits per heavy atom. The van der Waals surface area contributed by atoms with Crippen LogP contribution in [0.5, 0.6) is 5.75 Å². The predicted octanol–water partition coefficient (Wildman–Crippen LogP) is 2.69. The molecule has 0 bridgehead atoms. The summed E-state index contributed by atoms with van der Waals surface area (Å²) in [6, 6.07) is 9.37. The quantitative estimate of drug-likeness (QED) is 0.898. The maximum atomic E-state index is 6.01. The van der Waals surface area contributed by atoms with Crippen LogP contribution in [0.25, 0.3) is 0 Å². The first-order valence-corrected chi connectivity index (χ1v) is 7.72. The molecule has 1 fully saturated rings. The molecular formula is C17H28N2O. The molecule has 1 heterocycles. The molecule has 2 N–H and O–H groups in total. The molecule has 1 aromatic rings. The van der Waals surface area contributed by atoms with Crippen molar-refractivity contribution in [3.63, 3.8) is 0 Å². The topological polar surface area (TPSA) is 38.5 Å². The van der Waals surface area contributed by atoms with Crippen molar-refractivity contribution in [2.45, 2.75) is 45.2 Å². The number of piperidine rings is 1. The van der Waals surface area contributed by atoms with Gasteiger partial charge in [-0.1, -0.05) is 12.1 Å². The predicted molar refractivity (Wildman–Crippen MR) is 84.1 cm³/mol. The highest BCUT2D eigenvalue weighted by molar-refractivity contribution is 5.27. The Hall–Kier alpha value is -1.06. The zero-order valence-electron chi connectivity index (χ0n) is 13.0. The van der Waals surface area contributed by atoms with Crippen molar-refractivity contribution < 1.29 is 4.74 Å². The van der Waals surface area contributed by atoms with E-state index in [1.54, 1.807) is 7.11 Å². The highest BCUT2D eigenvalue weighted by Crippen LogP contribution is 2.22. The third-order valence-electron chi connectivity index (χ3n) is 4.63. The number of hydrogen-bond acceptors (Lipinski definition) is 3. The summed E-state index contributed by atoms with van der Waals surface area (Å²) in [4.78, 5) is 2.60. The molecular weight excluding hydrogens is 248 g/mol. The number of rotatable bonds is 5. The van der Waals surface area contributed by atoms with Crippen molar-refractivity contribution in [3.8, 4) is 5.75 Å². The van der Waals surface area contributed by atoms with Gasteiger partial charge in [0.2, 0.25) is 0 Å². The van der Waals surface area contributed by atoms with E-state index in [1.165, 1.54) is 31.5 Å². The highest BCUT2D eigenvalue weighted by atomic mass is 16.5. The van der Waals surface area contributed by atoms with Crippen LogP contribution < -0.4 is 10.5 Å². The molecule has 1 saturated heterocycles. The monoisotopic (exact) mass is 276 g/mol. The lowest BCUT2D eigenvalue weighted by molar-refractivity contribution is 0.132. The summed E-state index contributed by atoms with van der Waals surface area (Å²) >= 11 is 0. The molecule has 1 aromatic carbocycles. The summed E-state index contributed by atoms with van der Waals surface area (Å²) in [5.74, 6) is 1.64. The lowest BCUT2D eigenvalue weighted by Crippen LogP contribution is -2.44. The van der Waals surface area contributed by atoms with Crippen molar-refractivity contribution in [3.05, 3.63) is 29.8 Å². The van der Waals surface area contributed by atoms with E-state index in [0.717, 1.165) is 12.2 Å². The van der Waals surface area contributed by atoms with Crippen LogP contribution in [-0.2, 0) is 6.42 Å². The van der Waals surface area contributed by atoms with Gasteiger partial charge in [0, 0.05) is 12.1 Å². The van der Waals surface area contributed by atoms with Gasteiger partial charge < -0.3 is 15.4 Å². The van der Waals surface area contributed by atoms with Gasteiger partial charge in [-0.05, 0) is 69.8 Å². The molecule has 1 aliphatic rings. The maximum Gasteiger partial charge on any atom is 0.118 e. The van der Waals surface area contributed by atoms with Crippen molar-refractivity contribution >= 4 is 0 Å². The Balaban J connectivity index is 1.84. The summed E-state index contributed by atoms with van der Waals surface area (Å²) in [5.41, 5.74) is 7.39. The van der Waals surface area contributed by atoms with Crippen LogP contribution >= 0.6 is 0 Å². The van der Waals surface area contributed by atoms with E-state index in [4.69, 9.17) is 10.5 Å². The second kappa shape index (κ2) is 7.09. The van der Waals surface area contributed by atoms with E-state index in [1.807, 2.05) is 12.1 Å². The Labute approximate surface area is 123 Å². The van der Waals surface area contributed by atoms with Crippen LogP contribution in [0.3, 0.4) is 0 Å². The molecule has 0 spiro atoms. The number of benzene rings is 1. The Bertz CT molecular complexity index is 394. The van der Waals surface area contributed by atoms with Crippen LogP contribution in [0.1, 0.15) is 32.3 Å². The van der Waals surface area contributed by atoms with Gasteiger partial charge in [0.05, 0.1) is 7.11 Å². The Morgan fingerprint density at radius 2 is 1.80 bits per heavy atom. The molecule has 0 amide bonds. The van der Waals surface area contributed by atoms with Gasteiger partial charge in [-0.25, -0.2) is 0 Å². The summed E-state index contributed by atoms with van der Waals surface area (Å²) in [6.07, 6.45) is 3.59. The molecule has 0 radical (unpaired) electrons. The maximum absolute atomic E-state index is 6.01. The van der Waals surface area contributed by atoms with Gasteiger partial charge in [0.25, 0.3) is 0 Å². The lowest BCUT2D eigenvalue weighted by Gasteiger charge is -2.37. The second-order valence-electron chi connectivity index (χ2n) is 6.13. The van der Waals surface area contributed by atoms with Crippen molar-refractivity contribution in [2.75, 3.05) is 20.2 Å². The van der Waals surface area contributed by atoms with Crippen molar-refractivity contribution in [1.29, 1.82) is 0 Å². The van der Waals surface area contributed by atoms with Crippen LogP contribution in [0.2, 0.25) is 0 Å². The van der Waals surface area contributed by atoms with Gasteiger partial charge in [-0.15, -0.1) is 0 Å². The molecule has 2 unspecified atom stereocenters. The average molecular weight is 276 g/mol. The number of nitrogens with two attached hydrogens (primary N) is 1. The molecule has 0 saturated carbocycles. The van der Waals surface area contributed by atoms with Gasteiger partial charge >= 0.3 is 0 Å². The number of likely N-dealkylation sites (tertiary alicyclic amines) is 1. The molecule has 2 rings (SSSR count). The van der Waals surface area contributed by atoms with Crippen LogP contribution in [-0.4, -0.2) is 37.2 Å². The fraction of sp³-hybridized carbons (Fsp3) is 0.647. The minimum absolute atomic E-state index is 0.342. The van der Waals surface area contributed by atoms with E-state index < -0.39 is 0 Å². The van der Waals surface area contributed by atoms with E-state index >= 15 is 0 Å². The van der Waals surface area contributed by atoms with Crippen LogP contribution in [0.4, 0.5) is 0 Å². The van der Waals surface area contributed by atoms with Crippen molar-refractivity contribution in [1.82, 2.24) is 4.90 Å². The van der Waals surface area contributed by atoms with E-state index in [0.29, 0.717) is 18.0 Å². The number of nitrogens with zero attached hydrogens (tertiary/aromatic N) is 1. The molecule has 1 aliphatic heterocycles. The average Bonchev–Trinajstić information content (AvgIpc) is 2.48. The van der Waals surface area contributed by atoms with Crippen LogP contribution in [0.15, 0.2) is 24.3 Å². The van der Waals surface area contributed by atoms with E-state index in [2.05, 4.69) is 30.9 Å². The number of ether oxygens (including phenoxy) is 1. The standard InChI is InChI=1S/C17H28N2O/c1-13(12-15-4-6-17(20-3)7-5-15)19-10-8-16(9-11-19)14(2)18/h4-7,13-14,16H,8-12,18H2,1-3H3. The Morgan fingerprint density at radius 3 is 2.30 bits per heavy atom. The number of hydrogen-bond donors (Lipinski definition) is 1. The SMILES string of the molecule is COc1ccc(CC(C)N2CCC(C(C)N)CC2)cc1. The summed E-state index contributed by atoms with van der Waals surface area (Å²) in [6.45, 7) is 6.84. The van der Waals surface area contributed by atoms with Gasteiger partial charge in [0.15, 0.2) is 0 Å². The lowest BCUT2D eigenvalue weighted by atomic mass is 9.90. The molecule has 2 atom stereocenters. The highest BCUT2D eigenvalue weighted by Gasteiger charge is 2.24. The van der Waals surface area contributed by atoms with Crippen LogP contribution in [0, 0.1) is 5.92 Å². The first-order valence-electron chi connectivity index (χ1n) is 7.72. The summed E-state index contributed by atoms with van der Waals surface area (Å²) in [7, 11) is 1.71. The minimum atomic E-state index is 0.342. The second-order valence-corrected chi connectivity index (χ2v) is 6.13. The first-order chi connectivity index (χ1) is 9.60. The smallest absolute Gasteiger partial charge is 0.118 e. The molecule has 112 valence electrons. The number of methoxy groups -OCH3 is 1. The zero-order chi connectivity index (χ0) is 14.5. The van der Waals surface area contributed by atoms with E-state index in [-0.39, 0.29) is 0 Å². The van der Waals surface area contributed by atoms with Gasteiger partial charge in [-0.2, -0.15) is 0 Å². The molecule has 3 heteroatoms. The molecule has 3 nitrogen and oxygen atoms in total. The zero-order valence-corrected chi connectivity index (χ0v) is 13.0. The van der Waals surface area contributed by atoms with Gasteiger partial charge in [0.1, 0.15) is 5.75 Å². The third kappa shape index (κ3) is 3.97. The Kier molecular flexibility index (Phi) is 5.44. The van der Waals surface area contributed by atoms with Crippen molar-refractivity contribution in [2.24, 2.45) is 11.7 Å². The minimum Gasteiger partial charge on any atom is -0.497 e. The normalized spacial score (nSPS) is 20.6.